The van der Waals surface area contributed by atoms with E-state index < -0.39 is 12.0 Å². The van der Waals surface area contributed by atoms with Crippen LogP contribution >= 0.6 is 0 Å². The van der Waals surface area contributed by atoms with Crippen LogP contribution in [0, 0.1) is 5.82 Å². The quantitative estimate of drug-likeness (QED) is 0.128. The zero-order chi connectivity index (χ0) is 30.1. The van der Waals surface area contributed by atoms with Gasteiger partial charge in [0.05, 0.1) is 6.54 Å². The first-order valence-electron chi connectivity index (χ1n) is 12.9. The molecule has 10 nitrogen and oxygen atoms in total. The Hall–Kier alpha value is -4.54. The number of amides is 3. The molecule has 11 heteroatoms. The molecule has 0 fully saturated rings. The number of pyridine rings is 1. The first-order chi connectivity index (χ1) is 19.1. The van der Waals surface area contributed by atoms with Gasteiger partial charge in [-0.05, 0) is 55.7 Å². The molecule has 2 N–H and O–H groups in total. The van der Waals surface area contributed by atoms with Crippen molar-refractivity contribution in [2.75, 3.05) is 20.1 Å². The predicted molar refractivity (Wildman–Crippen MR) is 152 cm³/mol. The van der Waals surface area contributed by atoms with Gasteiger partial charge in [-0.3, -0.25) is 15.0 Å². The number of hydrogen-bond donors (Lipinski definition) is 2. The molecule has 0 radical (unpaired) electrons. The molecule has 2 aromatic rings. The van der Waals surface area contributed by atoms with E-state index in [-0.39, 0.29) is 30.6 Å². The number of nitrogens with one attached hydrogen (secondary N) is 1. The van der Waals surface area contributed by atoms with E-state index >= 15 is 0 Å². The molecule has 0 aliphatic heterocycles. The number of imide groups is 1. The second-order valence-electron chi connectivity index (χ2n) is 8.43. The lowest BCUT2D eigenvalue weighted by atomic mass is 10.2. The second kappa shape index (κ2) is 17.9. The number of carboxylic acid groups (broad SMARTS) is 1. The summed E-state index contributed by atoms with van der Waals surface area (Å²) in [5, 5.41) is 11.8. The number of rotatable bonds is 11. The molecular weight excluding hydrogens is 517 g/mol. The van der Waals surface area contributed by atoms with E-state index in [9.17, 15) is 18.8 Å². The van der Waals surface area contributed by atoms with Crippen LogP contribution in [0.1, 0.15) is 57.1 Å². The summed E-state index contributed by atoms with van der Waals surface area (Å²) < 4.78 is 19.1. The van der Waals surface area contributed by atoms with E-state index in [0.717, 1.165) is 16.0 Å². The number of aromatic nitrogens is 1. The number of carbonyl (C=O) groups is 3. The standard InChI is InChI=1S/C27H32FN5O5.C2H6/c1-5-15-33(18-34)27(37)31-26(32(4)17-20-8-10-21(28)11-9-20)30-13-6-7-24(19(2)3)38-22-12-14-29-23(16-22)25(35)36;1-2/h6-12,14,16,18H,5,13,15,17H2,1-4H3,(H,35,36)(H,30,31,37);1-2H3/b7-6-;. The third kappa shape index (κ3) is 11.5. The lowest BCUT2D eigenvalue weighted by Gasteiger charge is -2.24. The van der Waals surface area contributed by atoms with Crippen LogP contribution in [0.4, 0.5) is 9.18 Å². The zero-order valence-electron chi connectivity index (χ0n) is 23.8. The summed E-state index contributed by atoms with van der Waals surface area (Å²) in [6, 6.07) is 8.22. The van der Waals surface area contributed by atoms with Gasteiger partial charge < -0.3 is 14.7 Å². The number of aliphatic imine (C=N–C) groups is 1. The SMILES string of the molecule is CC.CCCN(C=O)C(=O)NC(=NC/C=C\C(Oc1ccnc(C(=O)O)c1)=C(C)C)N(C)Cc1ccc(F)cc1. The van der Waals surface area contributed by atoms with Crippen molar-refractivity contribution >= 4 is 24.4 Å². The highest BCUT2D eigenvalue weighted by Gasteiger charge is 2.16. The van der Waals surface area contributed by atoms with Crippen molar-refractivity contribution in [2.24, 2.45) is 4.99 Å². The molecule has 0 saturated carbocycles. The minimum Gasteiger partial charge on any atom is -0.477 e. The maximum Gasteiger partial charge on any atom is 0.354 e. The van der Waals surface area contributed by atoms with E-state index in [2.05, 4.69) is 15.3 Å². The fraction of sp³-hybridized carbons (Fsp3) is 0.345. The molecular formula is C29H38FN5O5. The zero-order valence-corrected chi connectivity index (χ0v) is 23.8. The topological polar surface area (TPSA) is 124 Å². The fourth-order valence-electron chi connectivity index (χ4n) is 3.12. The van der Waals surface area contributed by atoms with Crippen molar-refractivity contribution in [2.45, 2.75) is 47.6 Å². The molecule has 0 saturated heterocycles. The van der Waals surface area contributed by atoms with Crippen LogP contribution in [-0.2, 0) is 11.3 Å². The number of carbonyl (C=O) groups excluding carboxylic acids is 2. The predicted octanol–water partition coefficient (Wildman–Crippen LogP) is 5.24. The van der Waals surface area contributed by atoms with Crippen molar-refractivity contribution in [1.29, 1.82) is 0 Å². The molecule has 0 spiro atoms. The number of aromatic carboxylic acids is 1. The third-order valence-electron chi connectivity index (χ3n) is 5.05. The van der Waals surface area contributed by atoms with E-state index in [1.165, 1.54) is 24.4 Å². The van der Waals surface area contributed by atoms with E-state index in [4.69, 9.17) is 9.84 Å². The number of urea groups is 1. The number of nitrogens with zero attached hydrogens (tertiary/aromatic N) is 4. The first kappa shape index (κ1) is 33.5. The maximum absolute atomic E-state index is 13.3. The molecule has 0 aliphatic rings. The molecule has 2 rings (SSSR count). The van der Waals surface area contributed by atoms with Gasteiger partial charge in [0.2, 0.25) is 12.4 Å². The Bertz CT molecular complexity index is 1210. The Labute approximate surface area is 234 Å². The van der Waals surface area contributed by atoms with Gasteiger partial charge in [0, 0.05) is 32.4 Å². The van der Waals surface area contributed by atoms with Gasteiger partial charge in [-0.15, -0.1) is 0 Å². The van der Waals surface area contributed by atoms with Crippen LogP contribution in [0.2, 0.25) is 0 Å². The highest BCUT2D eigenvalue weighted by atomic mass is 19.1. The van der Waals surface area contributed by atoms with Crippen LogP contribution in [-0.4, -0.2) is 64.4 Å². The average Bonchev–Trinajstić information content (AvgIpc) is 2.94. The van der Waals surface area contributed by atoms with E-state index in [0.29, 0.717) is 30.9 Å². The minimum absolute atomic E-state index is 0.138. The minimum atomic E-state index is -1.16. The number of carboxylic acids is 1. The summed E-state index contributed by atoms with van der Waals surface area (Å²) in [6.07, 6.45) is 5.81. The number of benzene rings is 1. The molecule has 0 atom stereocenters. The van der Waals surface area contributed by atoms with Gasteiger partial charge in [-0.25, -0.2) is 24.0 Å². The Morgan fingerprint density at radius 1 is 1.18 bits per heavy atom. The Kier molecular flexibility index (Phi) is 15.0. The Morgan fingerprint density at radius 3 is 2.42 bits per heavy atom. The normalized spacial score (nSPS) is 10.7. The van der Waals surface area contributed by atoms with Crippen LogP contribution in [0.15, 0.2) is 71.1 Å². The smallest absolute Gasteiger partial charge is 0.354 e. The second-order valence-corrected chi connectivity index (χ2v) is 8.43. The van der Waals surface area contributed by atoms with Crippen molar-refractivity contribution in [3.8, 4) is 5.75 Å². The van der Waals surface area contributed by atoms with Crippen LogP contribution in [0.25, 0.3) is 0 Å². The van der Waals surface area contributed by atoms with E-state index in [1.54, 1.807) is 42.3 Å². The number of ether oxygens (including phenoxy) is 1. The maximum atomic E-state index is 13.3. The van der Waals surface area contributed by atoms with Crippen molar-refractivity contribution in [3.05, 3.63) is 83.2 Å². The summed E-state index contributed by atoms with van der Waals surface area (Å²) in [7, 11) is 1.71. The van der Waals surface area contributed by atoms with Gasteiger partial charge in [0.25, 0.3) is 0 Å². The lowest BCUT2D eigenvalue weighted by Crippen LogP contribution is -2.48. The molecule has 0 aliphatic carbocycles. The fourth-order valence-corrected chi connectivity index (χ4v) is 3.12. The number of guanidine groups is 1. The van der Waals surface area contributed by atoms with Crippen molar-refractivity contribution in [1.82, 2.24) is 20.1 Å². The number of allylic oxidation sites excluding steroid dienone is 2. The Morgan fingerprint density at radius 2 is 1.85 bits per heavy atom. The molecule has 1 aromatic heterocycles. The molecule has 3 amide bonds. The summed E-state index contributed by atoms with van der Waals surface area (Å²) in [6.45, 7) is 10.3. The van der Waals surface area contributed by atoms with Crippen molar-refractivity contribution < 1.29 is 28.6 Å². The molecule has 216 valence electrons. The van der Waals surface area contributed by atoms with Gasteiger partial charge >= 0.3 is 12.0 Å². The largest absolute Gasteiger partial charge is 0.477 e. The van der Waals surface area contributed by atoms with Gasteiger partial charge in [-0.2, -0.15) is 0 Å². The van der Waals surface area contributed by atoms with Crippen LogP contribution in [0.3, 0.4) is 0 Å². The Balaban J connectivity index is 0.00000391. The number of hydrogen-bond acceptors (Lipinski definition) is 6. The van der Waals surface area contributed by atoms with Gasteiger partial charge in [0.1, 0.15) is 17.3 Å². The molecule has 0 unspecified atom stereocenters. The third-order valence-corrected chi connectivity index (χ3v) is 5.05. The van der Waals surface area contributed by atoms with Gasteiger partial charge in [-0.1, -0.05) is 39.0 Å². The lowest BCUT2D eigenvalue weighted by molar-refractivity contribution is -0.115. The summed E-state index contributed by atoms with van der Waals surface area (Å²) in [5.41, 5.74) is 1.49. The average molecular weight is 556 g/mol. The molecule has 1 aromatic carbocycles. The van der Waals surface area contributed by atoms with Crippen LogP contribution in [0.5, 0.6) is 5.75 Å². The van der Waals surface area contributed by atoms with Crippen LogP contribution < -0.4 is 10.1 Å². The summed E-state index contributed by atoms with van der Waals surface area (Å²) in [4.78, 5) is 46.1. The monoisotopic (exact) mass is 555 g/mol. The molecule has 0 bridgehead atoms. The number of halogens is 1. The highest BCUT2D eigenvalue weighted by Crippen LogP contribution is 2.17. The van der Waals surface area contributed by atoms with E-state index in [1.807, 2.05) is 34.6 Å². The van der Waals surface area contributed by atoms with Crippen molar-refractivity contribution in [3.63, 3.8) is 0 Å². The molecule has 1 heterocycles. The first-order valence-corrected chi connectivity index (χ1v) is 12.9. The van der Waals surface area contributed by atoms with Gasteiger partial charge in [0.15, 0.2) is 5.69 Å². The highest BCUT2D eigenvalue weighted by molar-refractivity contribution is 5.99. The summed E-state index contributed by atoms with van der Waals surface area (Å²) >= 11 is 0. The molecule has 40 heavy (non-hydrogen) atoms. The summed E-state index contributed by atoms with van der Waals surface area (Å²) in [5.74, 6) is -0.493.